The Kier molecular flexibility index (Phi) is 7.83. The Morgan fingerprint density at radius 1 is 1.30 bits per heavy atom. The number of tetrazole rings is 1. The number of alkyl halides is 3. The van der Waals surface area contributed by atoms with Crippen LogP contribution >= 0.6 is 0 Å². The SMILES string of the molecule is CCN=CC=C(N)C1=C(c2nn[nH]n2)C(O)NC(c2ccc(OCCCC(F)(F)F)cc2)=C1. The number of aliphatic hydroxyl groups excluding tert-OH is 1. The number of hydrogen-bond acceptors (Lipinski definition) is 8. The molecule has 5 N–H and O–H groups in total. The van der Waals surface area contributed by atoms with Crippen molar-refractivity contribution >= 4 is 17.5 Å². The van der Waals surface area contributed by atoms with Gasteiger partial charge in [0.05, 0.1) is 12.2 Å². The summed E-state index contributed by atoms with van der Waals surface area (Å²) in [5.41, 5.74) is 8.70. The second-order valence-electron chi connectivity index (χ2n) is 7.03. The monoisotopic (exact) mass is 463 g/mol. The van der Waals surface area contributed by atoms with Crippen LogP contribution in [0.2, 0.25) is 0 Å². The molecule has 1 aliphatic rings. The average molecular weight is 463 g/mol. The van der Waals surface area contributed by atoms with Crippen molar-refractivity contribution in [2.24, 2.45) is 10.7 Å². The van der Waals surface area contributed by atoms with Gasteiger partial charge in [0, 0.05) is 36.1 Å². The van der Waals surface area contributed by atoms with Crippen LogP contribution in [0.1, 0.15) is 31.2 Å². The fraction of sp³-hybridized carbons (Fsp3) is 0.333. The first-order valence-electron chi connectivity index (χ1n) is 10.2. The van der Waals surface area contributed by atoms with Crippen molar-refractivity contribution in [2.45, 2.75) is 32.2 Å². The number of nitrogens with two attached hydrogens (primary N) is 1. The molecule has 12 heteroatoms. The second kappa shape index (κ2) is 10.8. The summed E-state index contributed by atoms with van der Waals surface area (Å²) < 4.78 is 42.1. The number of aliphatic imine (C=N–C) groups is 1. The number of nitrogens with one attached hydrogen (secondary N) is 2. The van der Waals surface area contributed by atoms with Crippen molar-refractivity contribution < 1.29 is 23.0 Å². The molecule has 33 heavy (non-hydrogen) atoms. The van der Waals surface area contributed by atoms with Crippen LogP contribution in [-0.2, 0) is 0 Å². The predicted molar refractivity (Wildman–Crippen MR) is 117 cm³/mol. The molecule has 0 amide bonds. The van der Waals surface area contributed by atoms with Crippen LogP contribution in [0.15, 0.2) is 52.7 Å². The molecule has 0 saturated heterocycles. The Labute approximate surface area is 187 Å². The van der Waals surface area contributed by atoms with Crippen LogP contribution < -0.4 is 15.8 Å². The molecule has 176 valence electrons. The summed E-state index contributed by atoms with van der Waals surface area (Å²) in [5.74, 6) is 0.628. The standard InChI is InChI=1S/C21H24F3N7O2/c1-2-26-10-8-16(25)15-12-17(27-20(32)18(15)19-28-30-31-29-19)13-4-6-14(7-5-13)33-11-3-9-21(22,23)24/h4-8,10,12,20,27,32H,2-3,9,11,25H2,1H3,(H,28,29,30,31). The first-order valence-corrected chi connectivity index (χ1v) is 10.2. The molecule has 2 aromatic rings. The molecule has 1 aliphatic heterocycles. The van der Waals surface area contributed by atoms with E-state index in [1.807, 2.05) is 6.92 Å². The smallest absolute Gasteiger partial charge is 0.389 e. The highest BCUT2D eigenvalue weighted by Gasteiger charge is 2.28. The highest BCUT2D eigenvalue weighted by Crippen LogP contribution is 2.31. The normalized spacial score (nSPS) is 17.3. The van der Waals surface area contributed by atoms with Gasteiger partial charge in [-0.2, -0.15) is 18.4 Å². The molecule has 0 spiro atoms. The zero-order valence-corrected chi connectivity index (χ0v) is 17.8. The number of rotatable bonds is 9. The maximum Gasteiger partial charge on any atom is 0.389 e. The van der Waals surface area contributed by atoms with Crippen molar-refractivity contribution in [3.63, 3.8) is 0 Å². The van der Waals surface area contributed by atoms with Crippen molar-refractivity contribution in [1.82, 2.24) is 25.9 Å². The molecule has 0 radical (unpaired) electrons. The lowest BCUT2D eigenvalue weighted by molar-refractivity contribution is -0.136. The van der Waals surface area contributed by atoms with E-state index in [-0.39, 0.29) is 18.9 Å². The van der Waals surface area contributed by atoms with Gasteiger partial charge in [-0.3, -0.25) is 4.99 Å². The largest absolute Gasteiger partial charge is 0.494 e. The maximum absolute atomic E-state index is 12.2. The van der Waals surface area contributed by atoms with Gasteiger partial charge in [-0.15, -0.1) is 10.2 Å². The fourth-order valence-electron chi connectivity index (χ4n) is 3.08. The molecule has 1 aromatic carbocycles. The number of aromatic nitrogens is 4. The second-order valence-corrected chi connectivity index (χ2v) is 7.03. The van der Waals surface area contributed by atoms with Gasteiger partial charge in [-0.05, 0) is 60.5 Å². The van der Waals surface area contributed by atoms with Gasteiger partial charge in [0.2, 0.25) is 5.82 Å². The minimum Gasteiger partial charge on any atom is -0.494 e. The number of dihydropyridines is 1. The number of nitrogens with zero attached hydrogens (tertiary/aromatic N) is 4. The third-order valence-electron chi connectivity index (χ3n) is 4.62. The summed E-state index contributed by atoms with van der Waals surface area (Å²) >= 11 is 0. The van der Waals surface area contributed by atoms with Gasteiger partial charge in [0.1, 0.15) is 5.75 Å². The number of H-pyrrole nitrogens is 1. The van der Waals surface area contributed by atoms with Gasteiger partial charge in [0.25, 0.3) is 0 Å². The van der Waals surface area contributed by atoms with Gasteiger partial charge >= 0.3 is 6.18 Å². The molecular formula is C21H24F3N7O2. The number of allylic oxidation sites excluding steroid dienone is 2. The lowest BCUT2D eigenvalue weighted by Crippen LogP contribution is -2.33. The Morgan fingerprint density at radius 2 is 2.06 bits per heavy atom. The quantitative estimate of drug-likeness (QED) is 0.332. The first-order chi connectivity index (χ1) is 15.8. The Hall–Kier alpha value is -3.67. The lowest BCUT2D eigenvalue weighted by Gasteiger charge is -2.26. The average Bonchev–Trinajstić information content (AvgIpc) is 3.30. The van der Waals surface area contributed by atoms with E-state index in [4.69, 9.17) is 10.5 Å². The summed E-state index contributed by atoms with van der Waals surface area (Å²) in [7, 11) is 0. The fourth-order valence-corrected chi connectivity index (χ4v) is 3.08. The number of ether oxygens (including phenoxy) is 1. The van der Waals surface area contributed by atoms with Crippen LogP contribution in [-0.4, -0.2) is 57.5 Å². The third kappa shape index (κ3) is 6.65. The minimum absolute atomic E-state index is 0.0416. The van der Waals surface area contributed by atoms with Crippen molar-refractivity contribution in [3.8, 4) is 5.75 Å². The summed E-state index contributed by atoms with van der Waals surface area (Å²) in [5, 5.41) is 27.5. The van der Waals surface area contributed by atoms with Gasteiger partial charge < -0.3 is 20.9 Å². The Balaban J connectivity index is 1.83. The number of hydrogen-bond donors (Lipinski definition) is 4. The van der Waals surface area contributed by atoms with Crippen molar-refractivity contribution in [2.75, 3.05) is 13.2 Å². The molecular weight excluding hydrogens is 439 g/mol. The van der Waals surface area contributed by atoms with Crippen molar-refractivity contribution in [3.05, 3.63) is 59.1 Å². The molecule has 3 rings (SSSR count). The van der Waals surface area contributed by atoms with E-state index in [0.717, 1.165) is 0 Å². The van der Waals surface area contributed by atoms with E-state index in [1.54, 1.807) is 42.6 Å². The van der Waals surface area contributed by atoms with Crippen LogP contribution in [0, 0.1) is 0 Å². The van der Waals surface area contributed by atoms with Crippen LogP contribution in [0.3, 0.4) is 0 Å². The first kappa shape index (κ1) is 24.0. The summed E-state index contributed by atoms with van der Waals surface area (Å²) in [4.78, 5) is 4.12. The summed E-state index contributed by atoms with van der Waals surface area (Å²) in [6, 6.07) is 6.73. The van der Waals surface area contributed by atoms with Gasteiger partial charge in [-0.1, -0.05) is 0 Å². The highest BCUT2D eigenvalue weighted by molar-refractivity contribution is 5.85. The van der Waals surface area contributed by atoms with Crippen LogP contribution in [0.5, 0.6) is 5.75 Å². The molecule has 0 bridgehead atoms. The molecule has 0 fully saturated rings. The summed E-state index contributed by atoms with van der Waals surface area (Å²) in [6.07, 6.45) is -1.46. The van der Waals surface area contributed by atoms with E-state index in [1.165, 1.54) is 0 Å². The predicted octanol–water partition coefficient (Wildman–Crippen LogP) is 2.57. The van der Waals surface area contributed by atoms with Gasteiger partial charge in [0.15, 0.2) is 6.23 Å². The number of halogens is 3. The van der Waals surface area contributed by atoms with Gasteiger partial charge in [-0.25, -0.2) is 0 Å². The zero-order chi connectivity index (χ0) is 23.8. The molecule has 1 atom stereocenters. The minimum atomic E-state index is -4.20. The molecule has 0 aliphatic carbocycles. The highest BCUT2D eigenvalue weighted by atomic mass is 19.4. The van der Waals surface area contributed by atoms with E-state index >= 15 is 0 Å². The third-order valence-corrected chi connectivity index (χ3v) is 4.62. The Bertz CT molecular complexity index is 1040. The van der Waals surface area contributed by atoms with E-state index in [9.17, 15) is 18.3 Å². The van der Waals surface area contributed by atoms with E-state index < -0.39 is 18.8 Å². The van der Waals surface area contributed by atoms with E-state index in [0.29, 0.717) is 40.4 Å². The molecule has 2 heterocycles. The zero-order valence-electron chi connectivity index (χ0n) is 17.8. The van der Waals surface area contributed by atoms with Crippen molar-refractivity contribution in [1.29, 1.82) is 0 Å². The van der Waals surface area contributed by atoms with Crippen LogP contribution in [0.25, 0.3) is 11.3 Å². The Morgan fingerprint density at radius 3 is 2.70 bits per heavy atom. The number of aromatic amines is 1. The maximum atomic E-state index is 12.2. The molecule has 1 aromatic heterocycles. The topological polar surface area (TPSA) is 134 Å². The summed E-state index contributed by atoms with van der Waals surface area (Å²) in [6.45, 7) is 2.44. The molecule has 9 nitrogen and oxygen atoms in total. The number of aliphatic hydroxyl groups is 1. The van der Waals surface area contributed by atoms with E-state index in [2.05, 4.69) is 30.9 Å². The lowest BCUT2D eigenvalue weighted by atomic mass is 9.95. The number of benzene rings is 1. The molecule has 0 saturated carbocycles. The van der Waals surface area contributed by atoms with Crippen LogP contribution in [0.4, 0.5) is 13.2 Å². The molecule has 1 unspecified atom stereocenters.